The summed E-state index contributed by atoms with van der Waals surface area (Å²) < 4.78 is 25.0. The lowest BCUT2D eigenvalue weighted by molar-refractivity contribution is 0.584. The van der Waals surface area contributed by atoms with Gasteiger partial charge < -0.3 is 0 Å². The van der Waals surface area contributed by atoms with Crippen LogP contribution in [0.25, 0.3) is 0 Å². The minimum atomic E-state index is -3.17. The van der Waals surface area contributed by atoms with Crippen LogP contribution >= 0.6 is 0 Å². The average Bonchev–Trinajstić information content (AvgIpc) is 2.20. The van der Waals surface area contributed by atoms with Crippen LogP contribution < -0.4 is 4.72 Å². The van der Waals surface area contributed by atoms with Crippen LogP contribution in [0.3, 0.4) is 0 Å². The van der Waals surface area contributed by atoms with Gasteiger partial charge >= 0.3 is 0 Å². The number of sulfonamides is 1. The zero-order valence-electron chi connectivity index (χ0n) is 9.67. The van der Waals surface area contributed by atoms with Crippen molar-refractivity contribution in [3.05, 3.63) is 0 Å². The Morgan fingerprint density at radius 1 is 1.07 bits per heavy atom. The minimum Gasteiger partial charge on any atom is -0.242 e. The molecular formula is C11H21NO2S. The van der Waals surface area contributed by atoms with Gasteiger partial charge in [-0.1, -0.05) is 39.0 Å². The van der Waals surface area contributed by atoms with Gasteiger partial charge in [-0.25, -0.2) is 13.1 Å². The van der Waals surface area contributed by atoms with E-state index in [0.717, 1.165) is 38.5 Å². The van der Waals surface area contributed by atoms with Gasteiger partial charge in [0.15, 0.2) is 0 Å². The maximum atomic E-state index is 11.3. The highest BCUT2D eigenvalue weighted by Gasteiger charge is 2.06. The molecule has 0 aromatic heterocycles. The van der Waals surface area contributed by atoms with Crippen molar-refractivity contribution in [1.82, 2.24) is 4.72 Å². The molecule has 0 aromatic carbocycles. The van der Waals surface area contributed by atoms with Gasteiger partial charge in [0.25, 0.3) is 0 Å². The van der Waals surface area contributed by atoms with E-state index < -0.39 is 10.0 Å². The number of hydrogen-bond acceptors (Lipinski definition) is 2. The van der Waals surface area contributed by atoms with Crippen LogP contribution in [0.4, 0.5) is 0 Å². The molecule has 0 atom stereocenters. The third-order valence-electron chi connectivity index (χ3n) is 1.94. The first kappa shape index (κ1) is 14.3. The molecule has 0 fully saturated rings. The molecule has 0 aliphatic rings. The Balaban J connectivity index is 3.74. The van der Waals surface area contributed by atoms with Crippen LogP contribution in [-0.4, -0.2) is 14.2 Å². The van der Waals surface area contributed by atoms with Gasteiger partial charge in [0.1, 0.15) is 0 Å². The van der Waals surface area contributed by atoms with E-state index in [0.29, 0.717) is 0 Å². The predicted molar refractivity (Wildman–Crippen MR) is 63.7 cm³/mol. The first-order valence-corrected chi connectivity index (χ1v) is 7.25. The Labute approximate surface area is 93.7 Å². The summed E-state index contributed by atoms with van der Waals surface area (Å²) in [6.45, 7) is 4.11. The molecule has 0 aromatic rings. The molecule has 0 saturated carbocycles. The lowest BCUT2D eigenvalue weighted by Crippen LogP contribution is -2.21. The molecule has 0 bridgehead atoms. The Hall–Kier alpha value is -0.690. The Morgan fingerprint density at radius 2 is 1.80 bits per heavy atom. The average molecular weight is 231 g/mol. The van der Waals surface area contributed by atoms with Crippen LogP contribution in [0.2, 0.25) is 0 Å². The highest BCUT2D eigenvalue weighted by Crippen LogP contribution is 2.00. The van der Waals surface area contributed by atoms with Crippen molar-refractivity contribution in [2.24, 2.45) is 0 Å². The topological polar surface area (TPSA) is 46.2 Å². The molecule has 0 heterocycles. The molecule has 4 heteroatoms. The summed E-state index contributed by atoms with van der Waals surface area (Å²) in [5.74, 6) is 2.94. The van der Waals surface area contributed by atoms with Gasteiger partial charge in [-0.05, 0) is 12.8 Å². The second kappa shape index (κ2) is 8.60. The minimum absolute atomic E-state index is 0.188. The SMILES string of the molecule is CCCC#CNS(=O)(=O)CCCCCC. The van der Waals surface area contributed by atoms with Crippen LogP contribution in [0, 0.1) is 12.0 Å². The van der Waals surface area contributed by atoms with Crippen molar-refractivity contribution in [3.8, 4) is 12.0 Å². The second-order valence-electron chi connectivity index (χ2n) is 3.53. The molecule has 1 N–H and O–H groups in total. The normalized spacial score (nSPS) is 10.5. The molecule has 0 radical (unpaired) electrons. The van der Waals surface area contributed by atoms with Crippen LogP contribution in [0.5, 0.6) is 0 Å². The number of rotatable bonds is 7. The van der Waals surface area contributed by atoms with E-state index in [1.165, 1.54) is 0 Å². The molecule has 0 amide bonds. The first-order valence-electron chi connectivity index (χ1n) is 5.59. The van der Waals surface area contributed by atoms with Crippen molar-refractivity contribution < 1.29 is 8.42 Å². The van der Waals surface area contributed by atoms with Gasteiger partial charge in [-0.2, -0.15) is 0 Å². The van der Waals surface area contributed by atoms with Gasteiger partial charge in [0.2, 0.25) is 10.0 Å². The molecule has 0 saturated heterocycles. The zero-order chi connectivity index (χ0) is 11.6. The summed E-state index contributed by atoms with van der Waals surface area (Å²) in [4.78, 5) is 0. The molecule has 88 valence electrons. The Morgan fingerprint density at radius 3 is 2.40 bits per heavy atom. The van der Waals surface area contributed by atoms with E-state index in [9.17, 15) is 8.42 Å². The fraction of sp³-hybridized carbons (Fsp3) is 0.818. The monoisotopic (exact) mass is 231 g/mol. The van der Waals surface area contributed by atoms with Gasteiger partial charge in [-0.3, -0.25) is 0 Å². The van der Waals surface area contributed by atoms with Crippen molar-refractivity contribution in [1.29, 1.82) is 0 Å². The van der Waals surface area contributed by atoms with E-state index in [1.54, 1.807) is 0 Å². The fourth-order valence-corrected chi connectivity index (χ4v) is 1.99. The summed E-state index contributed by atoms with van der Waals surface area (Å²) in [6, 6.07) is 2.48. The van der Waals surface area contributed by atoms with Crippen molar-refractivity contribution in [3.63, 3.8) is 0 Å². The largest absolute Gasteiger partial charge is 0.242 e. The van der Waals surface area contributed by atoms with Crippen molar-refractivity contribution in [2.45, 2.75) is 52.4 Å². The fourth-order valence-electron chi connectivity index (χ4n) is 1.07. The van der Waals surface area contributed by atoms with Crippen LogP contribution in [0.1, 0.15) is 52.4 Å². The molecule has 0 unspecified atom stereocenters. The van der Waals surface area contributed by atoms with Crippen LogP contribution in [-0.2, 0) is 10.0 Å². The maximum absolute atomic E-state index is 11.3. The van der Waals surface area contributed by atoms with E-state index in [2.05, 4.69) is 23.6 Å². The summed E-state index contributed by atoms with van der Waals surface area (Å²) in [5.41, 5.74) is 0. The number of hydrogen-bond donors (Lipinski definition) is 1. The third-order valence-corrected chi connectivity index (χ3v) is 3.18. The van der Waals surface area contributed by atoms with Crippen molar-refractivity contribution >= 4 is 10.0 Å². The summed E-state index contributed by atoms with van der Waals surface area (Å²) in [5, 5.41) is 0. The lowest BCUT2D eigenvalue weighted by atomic mass is 10.2. The molecular weight excluding hydrogens is 210 g/mol. The summed E-state index contributed by atoms with van der Waals surface area (Å²) in [6.07, 6.45) is 5.59. The molecule has 0 rings (SSSR count). The van der Waals surface area contributed by atoms with Crippen molar-refractivity contribution in [2.75, 3.05) is 5.75 Å². The first-order chi connectivity index (χ1) is 7.12. The predicted octanol–water partition coefficient (Wildman–Crippen LogP) is 2.25. The number of unbranched alkanes of at least 4 members (excludes halogenated alkanes) is 4. The molecule has 0 aliphatic carbocycles. The smallest absolute Gasteiger partial charge is 0.239 e. The maximum Gasteiger partial charge on any atom is 0.239 e. The summed E-state index contributed by atoms with van der Waals surface area (Å²) in [7, 11) is -3.17. The second-order valence-corrected chi connectivity index (χ2v) is 5.38. The van der Waals surface area contributed by atoms with Gasteiger partial charge in [0, 0.05) is 12.5 Å². The number of nitrogens with one attached hydrogen (secondary N) is 1. The quantitative estimate of drug-likeness (QED) is 0.415. The highest BCUT2D eigenvalue weighted by molar-refractivity contribution is 7.89. The van der Waals surface area contributed by atoms with E-state index in [4.69, 9.17) is 0 Å². The Kier molecular flexibility index (Phi) is 8.21. The van der Waals surface area contributed by atoms with E-state index >= 15 is 0 Å². The molecule has 3 nitrogen and oxygen atoms in total. The van der Waals surface area contributed by atoms with Crippen LogP contribution in [0.15, 0.2) is 0 Å². The van der Waals surface area contributed by atoms with E-state index in [-0.39, 0.29) is 5.75 Å². The van der Waals surface area contributed by atoms with E-state index in [1.807, 2.05) is 6.92 Å². The highest BCUT2D eigenvalue weighted by atomic mass is 32.2. The molecule has 0 spiro atoms. The Bertz CT molecular complexity index is 298. The van der Waals surface area contributed by atoms with Gasteiger partial charge in [-0.15, -0.1) is 0 Å². The lowest BCUT2D eigenvalue weighted by Gasteiger charge is -2.01. The zero-order valence-corrected chi connectivity index (χ0v) is 10.5. The van der Waals surface area contributed by atoms with Gasteiger partial charge in [0.05, 0.1) is 5.75 Å². The standard InChI is InChI=1S/C11H21NO2S/c1-3-5-7-9-11-15(13,14)12-10-8-6-4-2/h12H,3-7,9,11H2,1-2H3. The molecule has 15 heavy (non-hydrogen) atoms. The third kappa shape index (κ3) is 9.61. The molecule has 0 aliphatic heterocycles. The summed E-state index contributed by atoms with van der Waals surface area (Å²) >= 11 is 0.